The smallest absolute Gasteiger partial charge is 0.162 e. The van der Waals surface area contributed by atoms with E-state index in [1.807, 2.05) is 38.1 Å². The highest BCUT2D eigenvalue weighted by molar-refractivity contribution is 5.99. The Morgan fingerprint density at radius 3 is 2.39 bits per heavy atom. The number of benzene rings is 1. The molecule has 0 radical (unpaired) electrons. The SMILES string of the molecule is CCC(=O)c1ccc(NC2=C(C)C(=O)CC2)cc1. The lowest BCUT2D eigenvalue weighted by Crippen LogP contribution is -2.01. The number of hydrogen-bond acceptors (Lipinski definition) is 3. The first kappa shape index (κ1) is 12.6. The van der Waals surface area contributed by atoms with Gasteiger partial charge in [0.05, 0.1) is 0 Å². The van der Waals surface area contributed by atoms with Crippen molar-refractivity contribution in [2.45, 2.75) is 33.1 Å². The van der Waals surface area contributed by atoms with Gasteiger partial charge in [-0.25, -0.2) is 0 Å². The Morgan fingerprint density at radius 2 is 1.89 bits per heavy atom. The predicted molar refractivity (Wildman–Crippen MR) is 71.6 cm³/mol. The molecule has 0 unspecified atom stereocenters. The lowest BCUT2D eigenvalue weighted by molar-refractivity contribution is -0.114. The number of allylic oxidation sites excluding steroid dienone is 2. The molecule has 0 fully saturated rings. The van der Waals surface area contributed by atoms with Crippen LogP contribution in [0.2, 0.25) is 0 Å². The Morgan fingerprint density at radius 1 is 1.22 bits per heavy atom. The second kappa shape index (κ2) is 5.17. The zero-order valence-electron chi connectivity index (χ0n) is 10.7. The predicted octanol–water partition coefficient (Wildman–Crippen LogP) is 3.33. The first-order valence-electron chi connectivity index (χ1n) is 6.25. The van der Waals surface area contributed by atoms with Crippen LogP contribution in [-0.4, -0.2) is 11.6 Å². The molecule has 94 valence electrons. The van der Waals surface area contributed by atoms with E-state index >= 15 is 0 Å². The molecule has 0 saturated heterocycles. The van der Waals surface area contributed by atoms with Crippen molar-refractivity contribution in [1.29, 1.82) is 0 Å². The van der Waals surface area contributed by atoms with Crippen molar-refractivity contribution < 1.29 is 9.59 Å². The lowest BCUT2D eigenvalue weighted by Gasteiger charge is -2.08. The fourth-order valence-electron chi connectivity index (χ4n) is 2.06. The third-order valence-electron chi connectivity index (χ3n) is 3.30. The van der Waals surface area contributed by atoms with Crippen LogP contribution < -0.4 is 5.32 Å². The molecule has 1 N–H and O–H groups in total. The molecule has 0 heterocycles. The Hall–Kier alpha value is -1.90. The summed E-state index contributed by atoms with van der Waals surface area (Å²) in [6, 6.07) is 7.40. The average molecular weight is 243 g/mol. The molecule has 0 aliphatic heterocycles. The molecule has 1 aromatic carbocycles. The minimum Gasteiger partial charge on any atom is -0.359 e. The van der Waals surface area contributed by atoms with Gasteiger partial charge in [-0.2, -0.15) is 0 Å². The summed E-state index contributed by atoms with van der Waals surface area (Å²) in [7, 11) is 0. The fraction of sp³-hybridized carbons (Fsp3) is 0.333. The fourth-order valence-corrected chi connectivity index (χ4v) is 2.06. The molecule has 3 nitrogen and oxygen atoms in total. The van der Waals surface area contributed by atoms with Crippen LogP contribution in [0.15, 0.2) is 35.5 Å². The molecule has 1 aromatic rings. The highest BCUT2D eigenvalue weighted by atomic mass is 16.1. The van der Waals surface area contributed by atoms with Gasteiger partial charge >= 0.3 is 0 Å². The highest BCUT2D eigenvalue weighted by Crippen LogP contribution is 2.24. The van der Waals surface area contributed by atoms with Gasteiger partial charge in [-0.05, 0) is 37.6 Å². The zero-order valence-corrected chi connectivity index (χ0v) is 10.7. The van der Waals surface area contributed by atoms with E-state index in [9.17, 15) is 9.59 Å². The molecule has 0 saturated carbocycles. The quantitative estimate of drug-likeness (QED) is 0.825. The number of ketones is 2. The van der Waals surface area contributed by atoms with E-state index in [4.69, 9.17) is 0 Å². The number of anilines is 1. The Kier molecular flexibility index (Phi) is 3.60. The van der Waals surface area contributed by atoms with Crippen molar-refractivity contribution in [3.63, 3.8) is 0 Å². The van der Waals surface area contributed by atoms with Crippen molar-refractivity contribution >= 4 is 17.3 Å². The third-order valence-corrected chi connectivity index (χ3v) is 3.30. The normalized spacial score (nSPS) is 15.1. The first-order chi connectivity index (χ1) is 8.61. The summed E-state index contributed by atoms with van der Waals surface area (Å²) in [5.74, 6) is 0.364. The maximum atomic E-state index is 11.5. The molecule has 0 aromatic heterocycles. The molecule has 3 heteroatoms. The second-order valence-electron chi connectivity index (χ2n) is 4.51. The minimum atomic E-state index is 0.146. The van der Waals surface area contributed by atoms with Crippen LogP contribution in [0, 0.1) is 0 Å². The van der Waals surface area contributed by atoms with Crippen LogP contribution in [0.1, 0.15) is 43.5 Å². The largest absolute Gasteiger partial charge is 0.359 e. The Labute approximate surface area is 107 Å². The Bertz CT molecular complexity index is 512. The molecular formula is C15H17NO2. The van der Waals surface area contributed by atoms with Crippen LogP contribution in [-0.2, 0) is 4.79 Å². The van der Waals surface area contributed by atoms with E-state index in [1.165, 1.54) is 0 Å². The molecule has 18 heavy (non-hydrogen) atoms. The summed E-state index contributed by atoms with van der Waals surface area (Å²) < 4.78 is 0. The molecule has 0 bridgehead atoms. The summed E-state index contributed by atoms with van der Waals surface area (Å²) in [5, 5.41) is 3.25. The van der Waals surface area contributed by atoms with Gasteiger partial charge in [0.1, 0.15) is 0 Å². The number of carbonyl (C=O) groups is 2. The maximum Gasteiger partial charge on any atom is 0.162 e. The standard InChI is InChI=1S/C15H17NO2/c1-3-14(17)11-4-6-12(7-5-11)16-13-8-9-15(18)10(13)2/h4-7,16H,3,8-9H2,1-2H3. The van der Waals surface area contributed by atoms with Crippen LogP contribution in [0.25, 0.3) is 0 Å². The summed E-state index contributed by atoms with van der Waals surface area (Å²) in [6.07, 6.45) is 1.90. The number of hydrogen-bond donors (Lipinski definition) is 1. The highest BCUT2D eigenvalue weighted by Gasteiger charge is 2.18. The maximum absolute atomic E-state index is 11.5. The molecule has 0 atom stereocenters. The lowest BCUT2D eigenvalue weighted by atomic mass is 10.1. The van der Waals surface area contributed by atoms with Crippen LogP contribution >= 0.6 is 0 Å². The van der Waals surface area contributed by atoms with Crippen molar-refractivity contribution in [1.82, 2.24) is 0 Å². The van der Waals surface area contributed by atoms with Gasteiger partial charge in [0.15, 0.2) is 11.6 Å². The van der Waals surface area contributed by atoms with Crippen molar-refractivity contribution in [2.24, 2.45) is 0 Å². The van der Waals surface area contributed by atoms with Gasteiger partial charge in [0.2, 0.25) is 0 Å². The van der Waals surface area contributed by atoms with Gasteiger partial charge in [-0.3, -0.25) is 9.59 Å². The van der Waals surface area contributed by atoms with Crippen molar-refractivity contribution in [3.05, 3.63) is 41.1 Å². The van der Waals surface area contributed by atoms with E-state index in [2.05, 4.69) is 5.32 Å². The first-order valence-corrected chi connectivity index (χ1v) is 6.25. The molecule has 1 aliphatic carbocycles. The number of rotatable bonds is 4. The summed E-state index contributed by atoms with van der Waals surface area (Å²) in [6.45, 7) is 3.71. The van der Waals surface area contributed by atoms with Crippen LogP contribution in [0.5, 0.6) is 0 Å². The summed E-state index contributed by atoms with van der Waals surface area (Å²) in [5.41, 5.74) is 3.47. The van der Waals surface area contributed by atoms with Crippen molar-refractivity contribution in [2.75, 3.05) is 5.32 Å². The second-order valence-corrected chi connectivity index (χ2v) is 4.51. The average Bonchev–Trinajstić information content (AvgIpc) is 2.71. The van der Waals surface area contributed by atoms with E-state index in [1.54, 1.807) is 0 Å². The molecule has 0 amide bonds. The minimum absolute atomic E-state index is 0.146. The molecule has 2 rings (SSSR count). The molecule has 0 spiro atoms. The van der Waals surface area contributed by atoms with E-state index < -0.39 is 0 Å². The van der Waals surface area contributed by atoms with E-state index in [-0.39, 0.29) is 11.6 Å². The number of carbonyl (C=O) groups excluding carboxylic acids is 2. The zero-order chi connectivity index (χ0) is 13.1. The summed E-state index contributed by atoms with van der Waals surface area (Å²) >= 11 is 0. The summed E-state index contributed by atoms with van der Waals surface area (Å²) in [4.78, 5) is 22.9. The van der Waals surface area contributed by atoms with Crippen LogP contribution in [0.3, 0.4) is 0 Å². The van der Waals surface area contributed by atoms with E-state index in [0.717, 1.165) is 28.9 Å². The number of nitrogens with one attached hydrogen (secondary N) is 1. The van der Waals surface area contributed by atoms with Crippen molar-refractivity contribution in [3.8, 4) is 0 Å². The van der Waals surface area contributed by atoms with Crippen LogP contribution in [0.4, 0.5) is 5.69 Å². The third kappa shape index (κ3) is 2.50. The van der Waals surface area contributed by atoms with Gasteiger partial charge in [0, 0.05) is 35.4 Å². The monoisotopic (exact) mass is 243 g/mol. The number of Topliss-reactive ketones (excluding diaryl/α,β-unsaturated/α-hetero) is 2. The van der Waals surface area contributed by atoms with Gasteiger partial charge < -0.3 is 5.32 Å². The molecular weight excluding hydrogens is 226 g/mol. The van der Waals surface area contributed by atoms with Gasteiger partial charge in [-0.1, -0.05) is 6.92 Å². The van der Waals surface area contributed by atoms with E-state index in [0.29, 0.717) is 12.8 Å². The van der Waals surface area contributed by atoms with Gasteiger partial charge in [0.25, 0.3) is 0 Å². The topological polar surface area (TPSA) is 46.2 Å². The molecule has 1 aliphatic rings. The van der Waals surface area contributed by atoms with Gasteiger partial charge in [-0.15, -0.1) is 0 Å². The Balaban J connectivity index is 2.12.